The number of aromatic nitrogens is 1. The van der Waals surface area contributed by atoms with E-state index in [0.29, 0.717) is 0 Å². The molecule has 1 aliphatic heterocycles. The number of hydrogen-bond donors (Lipinski definition) is 0. The van der Waals surface area contributed by atoms with E-state index in [1.54, 1.807) is 6.26 Å². The first kappa shape index (κ1) is 9.77. The molecule has 1 saturated heterocycles. The Morgan fingerprint density at radius 2 is 2.42 bits per heavy atom. The van der Waals surface area contributed by atoms with E-state index in [4.69, 9.17) is 4.52 Å². The smallest absolute Gasteiger partial charge is 0.353 e. The van der Waals surface area contributed by atoms with Crippen molar-refractivity contribution in [2.75, 3.05) is 24.9 Å². The van der Waals surface area contributed by atoms with Gasteiger partial charge in [0.05, 0.1) is 0 Å². The summed E-state index contributed by atoms with van der Waals surface area (Å²) in [7, 11) is 4.07. The van der Waals surface area contributed by atoms with Crippen LogP contribution in [0.3, 0.4) is 0 Å². The van der Waals surface area contributed by atoms with E-state index >= 15 is 0 Å². The maximum atomic E-state index is 4.73. The molecule has 2 heterocycles. The minimum atomic E-state index is 0. The number of nitrogens with zero attached hydrogens (tertiary/aromatic N) is 3. The first-order valence-electron chi connectivity index (χ1n) is 3.58. The van der Waals surface area contributed by atoms with E-state index in [-0.39, 0.29) is 20.1 Å². The standard InChI is InChI=1S/C6H9BN3O.Ir/c1-9-3-4-10(7-9)6-2-5-11-8-6;/h2,5H,3-4H2,1H3;. The summed E-state index contributed by atoms with van der Waals surface area (Å²) in [5.74, 6) is 0.884. The van der Waals surface area contributed by atoms with Crippen LogP contribution in [0, 0.1) is 0 Å². The second-order valence-electron chi connectivity index (χ2n) is 2.65. The van der Waals surface area contributed by atoms with Gasteiger partial charge in [-0.2, -0.15) is 0 Å². The van der Waals surface area contributed by atoms with E-state index in [0.717, 1.165) is 18.9 Å². The van der Waals surface area contributed by atoms with Crippen LogP contribution in [0.15, 0.2) is 16.9 Å². The van der Waals surface area contributed by atoms with Crippen LogP contribution < -0.4 is 4.81 Å². The summed E-state index contributed by atoms with van der Waals surface area (Å²) >= 11 is 0. The Morgan fingerprint density at radius 3 is 2.92 bits per heavy atom. The van der Waals surface area contributed by atoms with Crippen LogP contribution in [0.25, 0.3) is 0 Å². The van der Waals surface area contributed by atoms with Crippen molar-refractivity contribution >= 4 is 13.4 Å². The SMILES string of the molecule is CN1[B]N(c2ccon2)CC1.[Ir]. The van der Waals surface area contributed by atoms with Crippen molar-refractivity contribution in [3.63, 3.8) is 0 Å². The molecule has 0 bridgehead atoms. The van der Waals surface area contributed by atoms with Crippen molar-refractivity contribution in [2.24, 2.45) is 0 Å². The van der Waals surface area contributed by atoms with Crippen molar-refractivity contribution in [3.8, 4) is 0 Å². The summed E-state index contributed by atoms with van der Waals surface area (Å²) in [4.78, 5) is 4.18. The molecule has 1 aromatic rings. The fourth-order valence-electron chi connectivity index (χ4n) is 1.15. The van der Waals surface area contributed by atoms with Crippen LogP contribution in [0.4, 0.5) is 5.82 Å². The molecule has 0 saturated carbocycles. The Kier molecular flexibility index (Phi) is 3.32. The minimum Gasteiger partial charge on any atom is -0.385 e. The molecule has 6 heteroatoms. The third kappa shape index (κ3) is 1.88. The molecule has 1 aromatic heterocycles. The molecule has 0 unspecified atom stereocenters. The van der Waals surface area contributed by atoms with Gasteiger partial charge in [-0.25, -0.2) is 0 Å². The molecule has 2 rings (SSSR count). The molecule has 0 spiro atoms. The molecule has 66 valence electrons. The van der Waals surface area contributed by atoms with Gasteiger partial charge in [-0.15, -0.1) is 0 Å². The van der Waals surface area contributed by atoms with Crippen molar-refractivity contribution in [2.45, 2.75) is 0 Å². The molecule has 1 aliphatic rings. The molecule has 12 heavy (non-hydrogen) atoms. The van der Waals surface area contributed by atoms with E-state index in [1.807, 2.05) is 20.7 Å². The van der Waals surface area contributed by atoms with Gasteiger partial charge in [-0.3, -0.25) is 0 Å². The zero-order valence-electron chi connectivity index (χ0n) is 6.73. The van der Waals surface area contributed by atoms with Gasteiger partial charge in [0.15, 0.2) is 5.82 Å². The zero-order valence-corrected chi connectivity index (χ0v) is 9.12. The first-order chi connectivity index (χ1) is 5.36. The molecular weight excluding hydrogens is 333 g/mol. The average Bonchev–Trinajstić information content (AvgIpc) is 2.55. The molecule has 1 fully saturated rings. The Balaban J connectivity index is 0.000000720. The molecule has 4 nitrogen and oxygen atoms in total. The van der Waals surface area contributed by atoms with Crippen LogP contribution in [-0.2, 0) is 20.1 Å². The molecule has 0 aliphatic carbocycles. The Bertz CT molecular complexity index is 231. The predicted molar refractivity (Wildman–Crippen MR) is 42.2 cm³/mol. The fourth-order valence-corrected chi connectivity index (χ4v) is 1.15. The summed E-state index contributed by atoms with van der Waals surface area (Å²) in [6.45, 7) is 2.04. The van der Waals surface area contributed by atoms with Crippen LogP contribution in [0.1, 0.15) is 0 Å². The van der Waals surface area contributed by atoms with Gasteiger partial charge in [-0.1, -0.05) is 5.16 Å². The maximum absolute atomic E-state index is 4.73. The van der Waals surface area contributed by atoms with E-state index < -0.39 is 0 Å². The largest absolute Gasteiger partial charge is 0.385 e. The fraction of sp³-hybridized carbons (Fsp3) is 0.500. The third-order valence-corrected chi connectivity index (χ3v) is 1.75. The predicted octanol–water partition coefficient (Wildman–Crippen LogP) is -0.0419. The Labute approximate surface area is 85.5 Å². The zero-order chi connectivity index (χ0) is 7.68. The van der Waals surface area contributed by atoms with Crippen molar-refractivity contribution < 1.29 is 24.6 Å². The molecule has 0 amide bonds. The molecule has 2 radical (unpaired) electrons. The number of anilines is 1. The van der Waals surface area contributed by atoms with E-state index in [1.165, 1.54) is 0 Å². The summed E-state index contributed by atoms with van der Waals surface area (Å²) in [5.41, 5.74) is 0. The van der Waals surface area contributed by atoms with Crippen LogP contribution >= 0.6 is 0 Å². The summed E-state index contributed by atoms with van der Waals surface area (Å²) in [6, 6.07) is 1.86. The second-order valence-corrected chi connectivity index (χ2v) is 2.65. The van der Waals surface area contributed by atoms with Crippen LogP contribution in [0.2, 0.25) is 0 Å². The second kappa shape index (κ2) is 4.07. The van der Waals surface area contributed by atoms with Gasteiger partial charge in [-0.05, 0) is 7.05 Å². The number of rotatable bonds is 1. The topological polar surface area (TPSA) is 32.5 Å². The van der Waals surface area contributed by atoms with Crippen LogP contribution in [-0.4, -0.2) is 37.7 Å². The van der Waals surface area contributed by atoms with Gasteiger partial charge in [0.2, 0.25) is 0 Å². The van der Waals surface area contributed by atoms with Gasteiger partial charge >= 0.3 is 7.55 Å². The summed E-state index contributed by atoms with van der Waals surface area (Å²) in [5, 5.41) is 3.83. The number of likely N-dealkylation sites (N-methyl/N-ethyl adjacent to an activating group) is 1. The van der Waals surface area contributed by atoms with Gasteiger partial charge in [0.25, 0.3) is 0 Å². The van der Waals surface area contributed by atoms with Crippen molar-refractivity contribution in [3.05, 3.63) is 12.3 Å². The van der Waals surface area contributed by atoms with Gasteiger partial charge < -0.3 is 14.1 Å². The average molecular weight is 342 g/mol. The van der Waals surface area contributed by atoms with E-state index in [2.05, 4.69) is 14.8 Å². The minimum absolute atomic E-state index is 0. The maximum Gasteiger partial charge on any atom is 0.353 e. The molecule has 0 aromatic carbocycles. The number of hydrogen-bond acceptors (Lipinski definition) is 4. The Hall–Kier alpha value is -0.316. The van der Waals surface area contributed by atoms with Crippen LogP contribution in [0.5, 0.6) is 0 Å². The molecule has 0 atom stereocenters. The molecular formula is C6H9BIrN3O. The monoisotopic (exact) mass is 343 g/mol. The summed E-state index contributed by atoms with van der Waals surface area (Å²) < 4.78 is 4.73. The quantitative estimate of drug-likeness (QED) is 0.671. The summed E-state index contributed by atoms with van der Waals surface area (Å²) in [6.07, 6.45) is 1.58. The van der Waals surface area contributed by atoms with Crippen molar-refractivity contribution in [1.29, 1.82) is 0 Å². The van der Waals surface area contributed by atoms with Gasteiger partial charge in [0.1, 0.15) is 6.26 Å². The normalized spacial score (nSPS) is 17.2. The Morgan fingerprint density at radius 1 is 1.58 bits per heavy atom. The first-order valence-corrected chi connectivity index (χ1v) is 3.58. The van der Waals surface area contributed by atoms with E-state index in [9.17, 15) is 0 Å². The van der Waals surface area contributed by atoms with Gasteiger partial charge in [0, 0.05) is 39.3 Å². The third-order valence-electron chi connectivity index (χ3n) is 1.75. The molecule has 0 N–H and O–H groups in total. The van der Waals surface area contributed by atoms with Crippen molar-refractivity contribution in [1.82, 2.24) is 9.97 Å².